The lowest BCUT2D eigenvalue weighted by Gasteiger charge is -2.26. The van der Waals surface area contributed by atoms with Crippen molar-refractivity contribution in [3.8, 4) is 0 Å². The summed E-state index contributed by atoms with van der Waals surface area (Å²) in [6.07, 6.45) is 2.30. The molecule has 5 heteroatoms. The van der Waals surface area contributed by atoms with Gasteiger partial charge in [0.2, 0.25) is 0 Å². The van der Waals surface area contributed by atoms with Crippen LogP contribution < -0.4 is 5.32 Å². The van der Waals surface area contributed by atoms with Crippen molar-refractivity contribution in [3.63, 3.8) is 0 Å². The summed E-state index contributed by atoms with van der Waals surface area (Å²) in [7, 11) is 0. The summed E-state index contributed by atoms with van der Waals surface area (Å²) in [6, 6.07) is 6.10. The van der Waals surface area contributed by atoms with E-state index in [1.54, 1.807) is 0 Å². The Hall–Kier alpha value is -1.04. The molecule has 1 fully saturated rings. The smallest absolute Gasteiger partial charge is 0.251 e. The highest BCUT2D eigenvalue weighted by Crippen LogP contribution is 2.30. The van der Waals surface area contributed by atoms with Crippen LogP contribution in [0, 0.1) is 0 Å². The number of rotatable bonds is 4. The highest BCUT2D eigenvalue weighted by Gasteiger charge is 2.14. The van der Waals surface area contributed by atoms with Gasteiger partial charge in [0.25, 0.3) is 5.91 Å². The van der Waals surface area contributed by atoms with Crippen LogP contribution in [-0.2, 0) is 11.2 Å². The Bertz CT molecular complexity index is 501. The van der Waals surface area contributed by atoms with Gasteiger partial charge in [0.15, 0.2) is 0 Å². The quantitative estimate of drug-likeness (QED) is 0.921. The van der Waals surface area contributed by atoms with Gasteiger partial charge in [-0.25, -0.2) is 0 Å². The molecule has 0 bridgehead atoms. The largest absolute Gasteiger partial charge is 0.379 e. The van der Waals surface area contributed by atoms with Crippen LogP contribution >= 0.6 is 11.8 Å². The van der Waals surface area contributed by atoms with Gasteiger partial charge in [-0.3, -0.25) is 9.69 Å². The number of hydrogen-bond donors (Lipinski definition) is 1. The summed E-state index contributed by atoms with van der Waals surface area (Å²) in [5, 5.41) is 3.02. The number of carbonyl (C=O) groups is 1. The van der Waals surface area contributed by atoms with E-state index >= 15 is 0 Å². The molecule has 3 rings (SSSR count). The highest BCUT2D eigenvalue weighted by molar-refractivity contribution is 7.99. The number of benzene rings is 1. The molecule has 21 heavy (non-hydrogen) atoms. The average Bonchev–Trinajstić information content (AvgIpc) is 2.55. The first-order chi connectivity index (χ1) is 10.3. The van der Waals surface area contributed by atoms with Crippen LogP contribution in [0.2, 0.25) is 0 Å². The van der Waals surface area contributed by atoms with Gasteiger partial charge in [0.1, 0.15) is 0 Å². The third-order valence-electron chi connectivity index (χ3n) is 3.99. The van der Waals surface area contributed by atoms with Gasteiger partial charge < -0.3 is 10.1 Å². The normalized spacial score (nSPS) is 19.0. The molecule has 1 N–H and O–H groups in total. The van der Waals surface area contributed by atoms with Crippen LogP contribution in [0.5, 0.6) is 0 Å². The van der Waals surface area contributed by atoms with Gasteiger partial charge in [-0.1, -0.05) is 0 Å². The molecule has 1 amide bonds. The Balaban J connectivity index is 1.50. The van der Waals surface area contributed by atoms with E-state index in [0.29, 0.717) is 6.54 Å². The molecular formula is C16H22N2O2S. The number of nitrogens with one attached hydrogen (secondary N) is 1. The summed E-state index contributed by atoms with van der Waals surface area (Å²) in [5.41, 5.74) is 2.12. The lowest BCUT2D eigenvalue weighted by molar-refractivity contribution is 0.0383. The van der Waals surface area contributed by atoms with Crippen molar-refractivity contribution in [1.29, 1.82) is 0 Å². The fourth-order valence-electron chi connectivity index (χ4n) is 2.76. The molecule has 2 aliphatic rings. The molecule has 114 valence electrons. The van der Waals surface area contributed by atoms with E-state index in [1.807, 2.05) is 17.8 Å². The summed E-state index contributed by atoms with van der Waals surface area (Å²) in [4.78, 5) is 15.9. The minimum absolute atomic E-state index is 0.0432. The predicted octanol–water partition coefficient (Wildman–Crippen LogP) is 1.79. The molecular weight excluding hydrogens is 284 g/mol. The van der Waals surface area contributed by atoms with Crippen LogP contribution in [0.15, 0.2) is 23.1 Å². The molecule has 2 aliphatic heterocycles. The lowest BCUT2D eigenvalue weighted by atomic mass is 10.1. The number of hydrogen-bond acceptors (Lipinski definition) is 4. The standard InChI is InChI=1S/C16H22N2O2S/c19-16(17-5-6-18-7-9-20-10-8-18)14-3-4-15-13(12-14)2-1-11-21-15/h3-4,12H,1-2,5-11H2,(H,17,19). The number of amides is 1. The average molecular weight is 306 g/mol. The van der Waals surface area contributed by atoms with Gasteiger partial charge >= 0.3 is 0 Å². The van der Waals surface area contributed by atoms with Crippen molar-refractivity contribution >= 4 is 17.7 Å². The zero-order valence-electron chi connectivity index (χ0n) is 12.3. The molecule has 0 aliphatic carbocycles. The first-order valence-electron chi connectivity index (χ1n) is 7.67. The second-order valence-electron chi connectivity index (χ2n) is 5.48. The van der Waals surface area contributed by atoms with Crippen molar-refractivity contribution in [2.45, 2.75) is 17.7 Å². The van der Waals surface area contributed by atoms with E-state index in [-0.39, 0.29) is 5.91 Å². The van der Waals surface area contributed by atoms with Crippen LogP contribution in [0.1, 0.15) is 22.3 Å². The molecule has 1 aromatic carbocycles. The van der Waals surface area contributed by atoms with Crippen LogP contribution in [0.4, 0.5) is 0 Å². The number of fused-ring (bicyclic) bond motifs is 1. The Labute approximate surface area is 130 Å². The van der Waals surface area contributed by atoms with E-state index < -0.39 is 0 Å². The topological polar surface area (TPSA) is 41.6 Å². The third kappa shape index (κ3) is 3.99. The Morgan fingerprint density at radius 1 is 1.33 bits per heavy atom. The van der Waals surface area contributed by atoms with Crippen molar-refractivity contribution < 1.29 is 9.53 Å². The number of thioether (sulfide) groups is 1. The van der Waals surface area contributed by atoms with Gasteiger partial charge in [-0.15, -0.1) is 11.8 Å². The van der Waals surface area contributed by atoms with Crippen molar-refractivity contribution in [2.24, 2.45) is 0 Å². The van der Waals surface area contributed by atoms with Gasteiger partial charge in [0, 0.05) is 36.6 Å². The number of ether oxygens (including phenoxy) is 1. The van der Waals surface area contributed by atoms with E-state index in [2.05, 4.69) is 22.3 Å². The number of carbonyl (C=O) groups excluding carboxylic acids is 1. The minimum Gasteiger partial charge on any atom is -0.379 e. The molecule has 0 aromatic heterocycles. The maximum absolute atomic E-state index is 12.2. The highest BCUT2D eigenvalue weighted by atomic mass is 32.2. The van der Waals surface area contributed by atoms with E-state index in [4.69, 9.17) is 4.74 Å². The fraction of sp³-hybridized carbons (Fsp3) is 0.562. The first kappa shape index (κ1) is 14.9. The summed E-state index contributed by atoms with van der Waals surface area (Å²) in [5.74, 6) is 1.24. The van der Waals surface area contributed by atoms with Crippen LogP contribution in [-0.4, -0.2) is 56.0 Å². The van der Waals surface area contributed by atoms with E-state index in [0.717, 1.165) is 44.8 Å². The van der Waals surface area contributed by atoms with Crippen LogP contribution in [0.25, 0.3) is 0 Å². The zero-order valence-corrected chi connectivity index (χ0v) is 13.1. The molecule has 0 atom stereocenters. The van der Waals surface area contributed by atoms with Gasteiger partial charge in [-0.05, 0) is 42.4 Å². The number of aryl methyl sites for hydroxylation is 1. The molecule has 1 saturated heterocycles. The summed E-state index contributed by atoms with van der Waals surface area (Å²) in [6.45, 7) is 5.13. The van der Waals surface area contributed by atoms with Gasteiger partial charge in [-0.2, -0.15) is 0 Å². The van der Waals surface area contributed by atoms with E-state index in [9.17, 15) is 4.79 Å². The molecule has 2 heterocycles. The van der Waals surface area contributed by atoms with Crippen molar-refractivity contribution in [1.82, 2.24) is 10.2 Å². The monoisotopic (exact) mass is 306 g/mol. The Morgan fingerprint density at radius 3 is 3.05 bits per heavy atom. The molecule has 1 aromatic rings. The second kappa shape index (κ2) is 7.29. The maximum Gasteiger partial charge on any atom is 0.251 e. The summed E-state index contributed by atoms with van der Waals surface area (Å²) >= 11 is 1.90. The van der Waals surface area contributed by atoms with Crippen molar-refractivity contribution in [3.05, 3.63) is 29.3 Å². The zero-order chi connectivity index (χ0) is 14.5. The first-order valence-corrected chi connectivity index (χ1v) is 8.65. The Morgan fingerprint density at radius 2 is 2.19 bits per heavy atom. The molecule has 0 unspecified atom stereocenters. The second-order valence-corrected chi connectivity index (χ2v) is 6.62. The fourth-order valence-corrected chi connectivity index (χ4v) is 3.78. The van der Waals surface area contributed by atoms with Crippen molar-refractivity contribution in [2.75, 3.05) is 45.1 Å². The summed E-state index contributed by atoms with van der Waals surface area (Å²) < 4.78 is 5.32. The number of nitrogens with zero attached hydrogens (tertiary/aromatic N) is 1. The molecule has 0 saturated carbocycles. The SMILES string of the molecule is O=C(NCCN1CCOCC1)c1ccc2c(c1)CCCS2. The molecule has 4 nitrogen and oxygen atoms in total. The Kier molecular flexibility index (Phi) is 5.17. The van der Waals surface area contributed by atoms with Gasteiger partial charge in [0.05, 0.1) is 13.2 Å². The molecule has 0 spiro atoms. The third-order valence-corrected chi connectivity index (χ3v) is 5.19. The van der Waals surface area contributed by atoms with E-state index in [1.165, 1.54) is 22.6 Å². The maximum atomic E-state index is 12.2. The predicted molar refractivity (Wildman–Crippen MR) is 85.1 cm³/mol. The number of morpholine rings is 1. The lowest BCUT2D eigenvalue weighted by Crippen LogP contribution is -2.41. The molecule has 0 radical (unpaired) electrons. The van der Waals surface area contributed by atoms with Crippen LogP contribution in [0.3, 0.4) is 0 Å². The minimum atomic E-state index is 0.0432.